The predicted octanol–water partition coefficient (Wildman–Crippen LogP) is 3.40. The van der Waals surface area contributed by atoms with Crippen molar-refractivity contribution in [2.75, 3.05) is 5.32 Å². The number of hydrogen-bond donors (Lipinski definition) is 1. The van der Waals surface area contributed by atoms with E-state index in [1.54, 1.807) is 28.8 Å². The number of nitrogens with one attached hydrogen (secondary N) is 1. The second-order valence-electron chi connectivity index (χ2n) is 5.15. The first kappa shape index (κ1) is 15.4. The van der Waals surface area contributed by atoms with Crippen LogP contribution in [0.3, 0.4) is 0 Å². The zero-order valence-electron chi connectivity index (χ0n) is 12.5. The lowest BCUT2D eigenvalue weighted by atomic mass is 10.1. The molecule has 0 radical (unpaired) electrons. The van der Waals surface area contributed by atoms with E-state index in [0.29, 0.717) is 12.2 Å². The average molecular weight is 330 g/mol. The Kier molecular flexibility index (Phi) is 4.25. The maximum absolute atomic E-state index is 12.9. The molecule has 0 bridgehead atoms. The van der Waals surface area contributed by atoms with Crippen LogP contribution >= 0.6 is 11.3 Å². The van der Waals surface area contributed by atoms with Crippen LogP contribution in [0.15, 0.2) is 47.3 Å². The second kappa shape index (κ2) is 6.34. The minimum Gasteiger partial charge on any atom is -0.326 e. The molecule has 4 nitrogen and oxygen atoms in total. The van der Waals surface area contributed by atoms with Gasteiger partial charge < -0.3 is 5.32 Å². The molecule has 118 valence electrons. The summed E-state index contributed by atoms with van der Waals surface area (Å²) in [7, 11) is 0. The third-order valence-electron chi connectivity index (χ3n) is 3.55. The van der Waals surface area contributed by atoms with Crippen molar-refractivity contribution in [1.29, 1.82) is 0 Å². The molecule has 0 saturated carbocycles. The number of rotatable bonds is 4. The molecule has 0 aliphatic heterocycles. The third-order valence-corrected chi connectivity index (χ3v) is 4.49. The zero-order valence-corrected chi connectivity index (χ0v) is 13.3. The van der Waals surface area contributed by atoms with Crippen molar-refractivity contribution in [2.45, 2.75) is 19.9 Å². The number of benzene rings is 2. The van der Waals surface area contributed by atoms with Crippen LogP contribution in [0, 0.1) is 5.82 Å². The molecule has 3 rings (SSSR count). The van der Waals surface area contributed by atoms with Crippen LogP contribution < -0.4 is 10.2 Å². The van der Waals surface area contributed by atoms with E-state index >= 15 is 0 Å². The van der Waals surface area contributed by atoms with E-state index in [9.17, 15) is 14.0 Å². The summed E-state index contributed by atoms with van der Waals surface area (Å²) in [4.78, 5) is 23.9. The largest absolute Gasteiger partial charge is 0.326 e. The first-order valence-electron chi connectivity index (χ1n) is 7.24. The van der Waals surface area contributed by atoms with Gasteiger partial charge in [-0.25, -0.2) is 4.39 Å². The number of hydrogen-bond acceptors (Lipinski definition) is 3. The molecule has 6 heteroatoms. The highest BCUT2D eigenvalue weighted by Crippen LogP contribution is 2.22. The van der Waals surface area contributed by atoms with E-state index in [-0.39, 0.29) is 23.0 Å². The number of nitrogens with zero attached hydrogens (tertiary/aromatic N) is 1. The van der Waals surface area contributed by atoms with E-state index in [0.717, 1.165) is 27.1 Å². The molecule has 1 N–H and O–H groups in total. The summed E-state index contributed by atoms with van der Waals surface area (Å²) in [6.07, 6.45) is 0.171. The molecule has 0 aliphatic carbocycles. The van der Waals surface area contributed by atoms with E-state index in [1.165, 1.54) is 12.1 Å². The number of thiazole rings is 1. The minimum absolute atomic E-state index is 0.00251. The fourth-order valence-corrected chi connectivity index (χ4v) is 3.43. The van der Waals surface area contributed by atoms with Crippen molar-refractivity contribution >= 4 is 33.1 Å². The molecule has 3 aromatic rings. The lowest BCUT2D eigenvalue weighted by Gasteiger charge is -2.06. The van der Waals surface area contributed by atoms with Crippen LogP contribution in [0.4, 0.5) is 10.1 Å². The van der Waals surface area contributed by atoms with E-state index in [1.807, 2.05) is 13.0 Å². The summed E-state index contributed by atoms with van der Waals surface area (Å²) >= 11 is 1.16. The molecule has 0 spiro atoms. The van der Waals surface area contributed by atoms with Crippen LogP contribution in [0.5, 0.6) is 0 Å². The number of carbonyl (C=O) groups is 1. The van der Waals surface area contributed by atoms with Crippen LogP contribution in [-0.2, 0) is 17.8 Å². The molecule has 0 fully saturated rings. The van der Waals surface area contributed by atoms with Crippen molar-refractivity contribution < 1.29 is 9.18 Å². The fourth-order valence-electron chi connectivity index (χ4n) is 2.44. The minimum atomic E-state index is -0.324. The van der Waals surface area contributed by atoms with Crippen molar-refractivity contribution in [3.8, 4) is 0 Å². The first-order valence-corrected chi connectivity index (χ1v) is 8.06. The van der Waals surface area contributed by atoms with Crippen LogP contribution in [0.25, 0.3) is 10.2 Å². The number of halogens is 1. The normalized spacial score (nSPS) is 10.9. The first-order chi connectivity index (χ1) is 11.1. The van der Waals surface area contributed by atoms with Crippen molar-refractivity contribution in [3.05, 3.63) is 63.5 Å². The smallest absolute Gasteiger partial charge is 0.308 e. The molecule has 0 atom stereocenters. The number of aromatic nitrogens is 1. The molecular formula is C17H15FN2O2S. The highest BCUT2D eigenvalue weighted by atomic mass is 32.1. The molecule has 1 amide bonds. The highest BCUT2D eigenvalue weighted by molar-refractivity contribution is 7.16. The molecule has 23 heavy (non-hydrogen) atoms. The highest BCUT2D eigenvalue weighted by Gasteiger charge is 2.09. The molecular weight excluding hydrogens is 315 g/mol. The number of anilines is 1. The predicted molar refractivity (Wildman–Crippen MR) is 90.5 cm³/mol. The van der Waals surface area contributed by atoms with Gasteiger partial charge in [-0.1, -0.05) is 23.5 Å². The quantitative estimate of drug-likeness (QED) is 0.797. The van der Waals surface area contributed by atoms with Gasteiger partial charge in [-0.2, -0.15) is 0 Å². The average Bonchev–Trinajstić information content (AvgIpc) is 2.83. The Balaban J connectivity index is 1.77. The van der Waals surface area contributed by atoms with Crippen molar-refractivity contribution in [1.82, 2.24) is 4.57 Å². The third kappa shape index (κ3) is 3.32. The monoisotopic (exact) mass is 330 g/mol. The lowest BCUT2D eigenvalue weighted by molar-refractivity contribution is -0.115. The van der Waals surface area contributed by atoms with Crippen LogP contribution in [0.2, 0.25) is 0 Å². The zero-order chi connectivity index (χ0) is 16.4. The number of amides is 1. The van der Waals surface area contributed by atoms with Gasteiger partial charge in [0.1, 0.15) is 5.82 Å². The number of aryl methyl sites for hydroxylation is 1. The fraction of sp³-hybridized carbons (Fsp3) is 0.176. The summed E-state index contributed by atoms with van der Waals surface area (Å²) in [6, 6.07) is 11.3. The molecule has 0 saturated heterocycles. The molecule has 0 aliphatic rings. The van der Waals surface area contributed by atoms with Crippen LogP contribution in [0.1, 0.15) is 12.5 Å². The van der Waals surface area contributed by atoms with Crippen molar-refractivity contribution in [2.24, 2.45) is 0 Å². The summed E-state index contributed by atoms with van der Waals surface area (Å²) in [6.45, 7) is 2.54. The van der Waals surface area contributed by atoms with E-state index < -0.39 is 0 Å². The Morgan fingerprint density at radius 3 is 2.65 bits per heavy atom. The SMILES string of the molecule is CCn1c(=O)sc2cc(NC(=O)Cc3ccc(F)cc3)ccc21. The van der Waals surface area contributed by atoms with Gasteiger partial charge in [0.05, 0.1) is 16.6 Å². The van der Waals surface area contributed by atoms with Gasteiger partial charge in [0.25, 0.3) is 0 Å². The topological polar surface area (TPSA) is 51.1 Å². The lowest BCUT2D eigenvalue weighted by Crippen LogP contribution is -2.14. The Bertz CT molecular complexity index is 912. The molecule has 2 aromatic carbocycles. The van der Waals surface area contributed by atoms with Gasteiger partial charge in [0.2, 0.25) is 5.91 Å². The summed E-state index contributed by atoms with van der Waals surface area (Å²) in [5.41, 5.74) is 2.26. The van der Waals surface area contributed by atoms with E-state index in [2.05, 4.69) is 5.32 Å². The maximum Gasteiger partial charge on any atom is 0.308 e. The standard InChI is InChI=1S/C17H15FN2O2S/c1-2-20-14-8-7-13(10-15(14)23-17(20)22)19-16(21)9-11-3-5-12(18)6-4-11/h3-8,10H,2,9H2,1H3,(H,19,21). The number of fused-ring (bicyclic) bond motifs is 1. The van der Waals surface area contributed by atoms with Gasteiger partial charge >= 0.3 is 4.87 Å². The Hall–Kier alpha value is -2.47. The van der Waals surface area contributed by atoms with Crippen LogP contribution in [-0.4, -0.2) is 10.5 Å². The summed E-state index contributed by atoms with van der Waals surface area (Å²) < 4.78 is 15.4. The Labute approximate surface area is 136 Å². The molecule has 1 heterocycles. The Morgan fingerprint density at radius 1 is 1.22 bits per heavy atom. The van der Waals surface area contributed by atoms with E-state index in [4.69, 9.17) is 0 Å². The number of carbonyl (C=O) groups excluding carboxylic acids is 1. The van der Waals surface area contributed by atoms with Gasteiger partial charge in [0.15, 0.2) is 0 Å². The summed E-state index contributed by atoms with van der Waals surface area (Å²) in [5.74, 6) is -0.506. The van der Waals surface area contributed by atoms with Crippen molar-refractivity contribution in [3.63, 3.8) is 0 Å². The Morgan fingerprint density at radius 2 is 1.96 bits per heavy atom. The molecule has 0 unspecified atom stereocenters. The summed E-state index contributed by atoms with van der Waals surface area (Å²) in [5, 5.41) is 2.81. The van der Waals surface area contributed by atoms with Gasteiger partial charge in [-0.05, 0) is 42.8 Å². The molecule has 1 aromatic heterocycles. The van der Waals surface area contributed by atoms with Gasteiger partial charge in [0, 0.05) is 12.2 Å². The second-order valence-corrected chi connectivity index (χ2v) is 6.14. The van der Waals surface area contributed by atoms with Gasteiger partial charge in [-0.3, -0.25) is 14.2 Å². The maximum atomic E-state index is 12.9. The van der Waals surface area contributed by atoms with Gasteiger partial charge in [-0.15, -0.1) is 0 Å².